The number of fused-ring (bicyclic) bond motifs is 1. The van der Waals surface area contributed by atoms with E-state index in [4.69, 9.17) is 0 Å². The standard InChI is InChI=1S/C7H6N2S/c1-2-10-4-7-6(1)3-8-5-9-7/h1-5H,(H,8,9). The van der Waals surface area contributed by atoms with Crippen molar-refractivity contribution in [3.63, 3.8) is 0 Å². The Hall–Kier alpha value is -0.960. The van der Waals surface area contributed by atoms with Crippen LogP contribution >= 0.6 is 11.8 Å². The van der Waals surface area contributed by atoms with E-state index < -0.39 is 0 Å². The lowest BCUT2D eigenvalue weighted by molar-refractivity contribution is 1.14. The van der Waals surface area contributed by atoms with Crippen LogP contribution in [0.3, 0.4) is 0 Å². The van der Waals surface area contributed by atoms with Crippen LogP contribution in [0.4, 0.5) is 0 Å². The zero-order valence-electron chi connectivity index (χ0n) is 5.24. The molecule has 0 aliphatic carbocycles. The van der Waals surface area contributed by atoms with Gasteiger partial charge in [0.2, 0.25) is 0 Å². The van der Waals surface area contributed by atoms with Gasteiger partial charge in [-0.2, -0.15) is 0 Å². The van der Waals surface area contributed by atoms with E-state index in [1.807, 2.05) is 17.7 Å². The minimum absolute atomic E-state index is 1.14. The van der Waals surface area contributed by atoms with Gasteiger partial charge in [0.1, 0.15) is 0 Å². The third kappa shape index (κ3) is 0.885. The second kappa shape index (κ2) is 2.34. The smallest absolute Gasteiger partial charge is 0.0923 e. The van der Waals surface area contributed by atoms with Gasteiger partial charge in [-0.25, -0.2) is 4.99 Å². The average Bonchev–Trinajstić information content (AvgIpc) is 2.05. The molecule has 2 aliphatic rings. The molecule has 10 heavy (non-hydrogen) atoms. The highest BCUT2D eigenvalue weighted by molar-refractivity contribution is 8.05. The van der Waals surface area contributed by atoms with Gasteiger partial charge in [0.25, 0.3) is 0 Å². The molecule has 0 aromatic carbocycles. The van der Waals surface area contributed by atoms with Crippen LogP contribution in [0.5, 0.6) is 0 Å². The lowest BCUT2D eigenvalue weighted by Crippen LogP contribution is -2.15. The lowest BCUT2D eigenvalue weighted by Gasteiger charge is -2.12. The number of hydrogen-bond acceptors (Lipinski definition) is 3. The molecular formula is C7H6N2S. The van der Waals surface area contributed by atoms with Crippen molar-refractivity contribution in [1.29, 1.82) is 0 Å². The third-order valence-corrected chi connectivity index (χ3v) is 2.00. The molecule has 0 bridgehead atoms. The van der Waals surface area contributed by atoms with Crippen LogP contribution in [0.1, 0.15) is 0 Å². The first kappa shape index (κ1) is 5.80. The summed E-state index contributed by atoms with van der Waals surface area (Å²) in [4.78, 5) is 3.96. The topological polar surface area (TPSA) is 24.4 Å². The van der Waals surface area contributed by atoms with Gasteiger partial charge in [-0.05, 0) is 16.9 Å². The summed E-state index contributed by atoms with van der Waals surface area (Å²) in [5.74, 6) is 0. The molecule has 1 N–H and O–H groups in total. The summed E-state index contributed by atoms with van der Waals surface area (Å²) in [6, 6.07) is 0. The van der Waals surface area contributed by atoms with Gasteiger partial charge in [0, 0.05) is 11.8 Å². The highest BCUT2D eigenvalue weighted by atomic mass is 32.2. The Bertz CT molecular complexity index is 261. The van der Waals surface area contributed by atoms with Gasteiger partial charge in [0.05, 0.1) is 12.0 Å². The quantitative estimate of drug-likeness (QED) is 0.567. The second-order valence-corrected chi connectivity index (χ2v) is 2.76. The highest BCUT2D eigenvalue weighted by Gasteiger charge is 2.05. The summed E-state index contributed by atoms with van der Waals surface area (Å²) < 4.78 is 0. The molecule has 0 unspecified atom stereocenters. The maximum atomic E-state index is 3.96. The summed E-state index contributed by atoms with van der Waals surface area (Å²) in [5, 5.41) is 7.16. The lowest BCUT2D eigenvalue weighted by atomic mass is 10.2. The fourth-order valence-corrected chi connectivity index (χ4v) is 1.48. The van der Waals surface area contributed by atoms with Gasteiger partial charge in [-0.3, -0.25) is 0 Å². The van der Waals surface area contributed by atoms with Crippen molar-refractivity contribution < 1.29 is 0 Å². The van der Waals surface area contributed by atoms with Crippen LogP contribution in [0.25, 0.3) is 0 Å². The fraction of sp³-hybridized carbons (Fsp3) is 0. The van der Waals surface area contributed by atoms with Gasteiger partial charge in [-0.15, -0.1) is 11.8 Å². The number of hydrogen-bond donors (Lipinski definition) is 1. The van der Waals surface area contributed by atoms with Crippen molar-refractivity contribution >= 4 is 18.1 Å². The molecule has 0 fully saturated rings. The number of nitrogens with one attached hydrogen (secondary N) is 1. The van der Waals surface area contributed by atoms with Crippen LogP contribution in [0, 0.1) is 0 Å². The number of thioether (sulfide) groups is 1. The Morgan fingerprint density at radius 1 is 1.50 bits per heavy atom. The van der Waals surface area contributed by atoms with Crippen LogP contribution in [-0.4, -0.2) is 6.34 Å². The Balaban J connectivity index is 2.39. The van der Waals surface area contributed by atoms with Crippen LogP contribution < -0.4 is 5.32 Å². The normalized spacial score (nSPS) is 20.8. The molecule has 0 radical (unpaired) electrons. The van der Waals surface area contributed by atoms with Crippen LogP contribution in [-0.2, 0) is 0 Å². The Kier molecular flexibility index (Phi) is 1.36. The first-order valence-electron chi connectivity index (χ1n) is 2.98. The first-order chi connectivity index (χ1) is 4.97. The molecule has 2 heterocycles. The number of allylic oxidation sites excluding steroid dienone is 1. The number of aliphatic imine (C=N–C) groups is 1. The Morgan fingerprint density at radius 3 is 3.40 bits per heavy atom. The molecular weight excluding hydrogens is 144 g/mol. The van der Waals surface area contributed by atoms with E-state index in [2.05, 4.69) is 15.7 Å². The van der Waals surface area contributed by atoms with E-state index in [0.29, 0.717) is 0 Å². The zero-order chi connectivity index (χ0) is 6.81. The molecule has 2 nitrogen and oxygen atoms in total. The van der Waals surface area contributed by atoms with E-state index in [9.17, 15) is 0 Å². The van der Waals surface area contributed by atoms with Crippen molar-refractivity contribution in [1.82, 2.24) is 5.32 Å². The maximum Gasteiger partial charge on any atom is 0.0923 e. The molecule has 0 saturated carbocycles. The van der Waals surface area contributed by atoms with Gasteiger partial charge in [-0.1, -0.05) is 0 Å². The molecule has 0 aromatic rings. The molecule has 0 spiro atoms. The molecule has 2 rings (SSSR count). The van der Waals surface area contributed by atoms with E-state index in [1.54, 1.807) is 18.1 Å². The van der Waals surface area contributed by atoms with Crippen LogP contribution in [0.15, 0.2) is 39.4 Å². The van der Waals surface area contributed by atoms with Crippen molar-refractivity contribution in [2.24, 2.45) is 4.99 Å². The van der Waals surface area contributed by atoms with Crippen molar-refractivity contribution in [3.05, 3.63) is 34.4 Å². The second-order valence-electron chi connectivity index (χ2n) is 1.98. The summed E-state index contributed by atoms with van der Waals surface area (Å²) >= 11 is 1.67. The average molecular weight is 150 g/mol. The molecule has 0 amide bonds. The largest absolute Gasteiger partial charge is 0.345 e. The van der Waals surface area contributed by atoms with Gasteiger partial charge < -0.3 is 5.32 Å². The number of rotatable bonds is 0. The van der Waals surface area contributed by atoms with Crippen molar-refractivity contribution in [2.75, 3.05) is 0 Å². The summed E-state index contributed by atoms with van der Waals surface area (Å²) in [6.45, 7) is 0. The molecule has 0 aromatic heterocycles. The predicted molar refractivity (Wildman–Crippen MR) is 44.5 cm³/mol. The highest BCUT2D eigenvalue weighted by Crippen LogP contribution is 2.22. The molecule has 2 aliphatic heterocycles. The van der Waals surface area contributed by atoms with E-state index >= 15 is 0 Å². The van der Waals surface area contributed by atoms with E-state index in [0.717, 1.165) is 11.3 Å². The van der Waals surface area contributed by atoms with Gasteiger partial charge in [0.15, 0.2) is 0 Å². The maximum absolute atomic E-state index is 3.96. The first-order valence-corrected chi connectivity index (χ1v) is 3.92. The van der Waals surface area contributed by atoms with E-state index in [-0.39, 0.29) is 0 Å². The fourth-order valence-electron chi connectivity index (χ4n) is 0.832. The monoisotopic (exact) mass is 150 g/mol. The molecule has 3 heteroatoms. The molecule has 0 saturated heterocycles. The minimum Gasteiger partial charge on any atom is -0.345 e. The van der Waals surface area contributed by atoms with Crippen LogP contribution in [0.2, 0.25) is 0 Å². The summed E-state index contributed by atoms with van der Waals surface area (Å²) in [6.07, 6.45) is 5.58. The molecule has 50 valence electrons. The summed E-state index contributed by atoms with van der Waals surface area (Å²) in [7, 11) is 0. The Labute approximate surface area is 63.4 Å². The summed E-state index contributed by atoms with van der Waals surface area (Å²) in [5.41, 5.74) is 2.30. The SMILES string of the molecule is C1=CC2=CN=CNC2=CS1. The minimum atomic E-state index is 1.14. The van der Waals surface area contributed by atoms with Crippen molar-refractivity contribution in [2.45, 2.75) is 0 Å². The molecule has 0 atom stereocenters. The zero-order valence-corrected chi connectivity index (χ0v) is 6.06. The number of nitrogens with zero attached hydrogens (tertiary/aromatic N) is 1. The Morgan fingerprint density at radius 2 is 2.50 bits per heavy atom. The third-order valence-electron chi connectivity index (χ3n) is 1.33. The van der Waals surface area contributed by atoms with Crippen molar-refractivity contribution in [3.8, 4) is 0 Å². The van der Waals surface area contributed by atoms with Gasteiger partial charge >= 0.3 is 0 Å². The predicted octanol–water partition coefficient (Wildman–Crippen LogP) is 1.60. The van der Waals surface area contributed by atoms with E-state index in [1.165, 1.54) is 0 Å².